The number of allylic oxidation sites excluding steroid dienone is 1. The van der Waals surface area contributed by atoms with Gasteiger partial charge in [0.05, 0.1) is 6.10 Å². The summed E-state index contributed by atoms with van der Waals surface area (Å²) in [7, 11) is 2.07. The van der Waals surface area contributed by atoms with Crippen molar-refractivity contribution < 1.29 is 5.11 Å². The van der Waals surface area contributed by atoms with E-state index in [0.717, 1.165) is 57.7 Å². The highest BCUT2D eigenvalue weighted by Crippen LogP contribution is 2.25. The molecule has 0 bridgehead atoms. The van der Waals surface area contributed by atoms with Crippen molar-refractivity contribution in [2.24, 2.45) is 10.9 Å². The summed E-state index contributed by atoms with van der Waals surface area (Å²) in [5, 5.41) is 13.1. The molecule has 2 unspecified atom stereocenters. The molecule has 0 aromatic heterocycles. The third-order valence-corrected chi connectivity index (χ3v) is 3.69. The zero-order chi connectivity index (χ0) is 14.1. The van der Waals surface area contributed by atoms with Gasteiger partial charge >= 0.3 is 0 Å². The van der Waals surface area contributed by atoms with Crippen LogP contribution in [0.3, 0.4) is 0 Å². The van der Waals surface area contributed by atoms with Crippen LogP contribution < -0.4 is 5.32 Å². The monoisotopic (exact) mass is 267 g/mol. The molecule has 0 aromatic rings. The number of aliphatic hydroxyl groups is 1. The molecule has 1 fully saturated rings. The molecule has 0 saturated heterocycles. The minimum absolute atomic E-state index is 0.155. The standard InChI is InChI=1S/C15H29N3O/c1-4-6-7-11-18(3)15(16-5-2)17-12-13-9-8-10-14(13)19/h4,13-14,19H,1,5-12H2,2-3H3,(H,16,17). The lowest BCUT2D eigenvalue weighted by Crippen LogP contribution is -2.40. The first-order chi connectivity index (χ1) is 9.19. The largest absolute Gasteiger partial charge is 0.393 e. The topological polar surface area (TPSA) is 47.9 Å². The molecule has 1 rings (SSSR count). The van der Waals surface area contributed by atoms with Crippen LogP contribution in [-0.2, 0) is 0 Å². The number of nitrogens with one attached hydrogen (secondary N) is 1. The fraction of sp³-hybridized carbons (Fsp3) is 0.800. The second-order valence-electron chi connectivity index (χ2n) is 5.31. The minimum atomic E-state index is -0.155. The number of rotatable bonds is 7. The Morgan fingerprint density at radius 2 is 2.32 bits per heavy atom. The van der Waals surface area contributed by atoms with E-state index in [4.69, 9.17) is 0 Å². The average molecular weight is 267 g/mol. The van der Waals surface area contributed by atoms with Crippen LogP contribution in [0.2, 0.25) is 0 Å². The van der Waals surface area contributed by atoms with Crippen molar-refractivity contribution in [2.45, 2.75) is 45.1 Å². The van der Waals surface area contributed by atoms with Crippen LogP contribution in [0.25, 0.3) is 0 Å². The molecular weight excluding hydrogens is 238 g/mol. The Bertz CT molecular complexity index is 291. The van der Waals surface area contributed by atoms with E-state index in [9.17, 15) is 5.11 Å². The maximum Gasteiger partial charge on any atom is 0.193 e. The lowest BCUT2D eigenvalue weighted by atomic mass is 10.1. The molecule has 0 radical (unpaired) electrons. The summed E-state index contributed by atoms with van der Waals surface area (Å²) in [5.74, 6) is 1.29. The molecular formula is C15H29N3O. The summed E-state index contributed by atoms with van der Waals surface area (Å²) in [4.78, 5) is 6.83. The Morgan fingerprint density at radius 3 is 2.89 bits per heavy atom. The zero-order valence-electron chi connectivity index (χ0n) is 12.4. The SMILES string of the molecule is C=CCCCN(C)C(=NCC1CCCC1O)NCC. The first-order valence-electron chi connectivity index (χ1n) is 7.47. The maximum atomic E-state index is 9.83. The van der Waals surface area contributed by atoms with Gasteiger partial charge < -0.3 is 15.3 Å². The Balaban J connectivity index is 2.46. The van der Waals surface area contributed by atoms with E-state index in [1.807, 2.05) is 6.08 Å². The lowest BCUT2D eigenvalue weighted by Gasteiger charge is -2.22. The Hall–Kier alpha value is -1.03. The van der Waals surface area contributed by atoms with E-state index in [2.05, 4.69) is 35.8 Å². The van der Waals surface area contributed by atoms with Crippen molar-refractivity contribution in [2.75, 3.05) is 26.7 Å². The van der Waals surface area contributed by atoms with Crippen molar-refractivity contribution in [3.8, 4) is 0 Å². The summed E-state index contributed by atoms with van der Waals surface area (Å²) in [6.45, 7) is 8.41. The second kappa shape index (κ2) is 8.97. The summed E-state index contributed by atoms with van der Waals surface area (Å²) in [5.41, 5.74) is 0. The summed E-state index contributed by atoms with van der Waals surface area (Å²) in [6.07, 6.45) is 7.09. The molecule has 0 heterocycles. The van der Waals surface area contributed by atoms with Crippen LogP contribution in [0.15, 0.2) is 17.6 Å². The molecule has 0 spiro atoms. The van der Waals surface area contributed by atoms with Crippen molar-refractivity contribution in [1.29, 1.82) is 0 Å². The zero-order valence-corrected chi connectivity index (χ0v) is 12.4. The molecule has 1 aliphatic carbocycles. The highest BCUT2D eigenvalue weighted by atomic mass is 16.3. The van der Waals surface area contributed by atoms with Crippen LogP contribution in [0.5, 0.6) is 0 Å². The van der Waals surface area contributed by atoms with Gasteiger partial charge in [0.25, 0.3) is 0 Å². The van der Waals surface area contributed by atoms with Crippen LogP contribution in [0.1, 0.15) is 39.0 Å². The van der Waals surface area contributed by atoms with Crippen LogP contribution in [-0.4, -0.2) is 48.8 Å². The smallest absolute Gasteiger partial charge is 0.193 e. The Morgan fingerprint density at radius 1 is 1.53 bits per heavy atom. The fourth-order valence-corrected chi connectivity index (χ4v) is 2.48. The van der Waals surface area contributed by atoms with E-state index < -0.39 is 0 Å². The fourth-order valence-electron chi connectivity index (χ4n) is 2.48. The molecule has 4 heteroatoms. The van der Waals surface area contributed by atoms with Gasteiger partial charge in [0.2, 0.25) is 0 Å². The number of aliphatic hydroxyl groups excluding tert-OH is 1. The molecule has 1 saturated carbocycles. The van der Waals surface area contributed by atoms with Gasteiger partial charge in [-0.05, 0) is 32.6 Å². The summed E-state index contributed by atoms with van der Waals surface area (Å²) >= 11 is 0. The maximum absolute atomic E-state index is 9.83. The summed E-state index contributed by atoms with van der Waals surface area (Å²) in [6, 6.07) is 0. The van der Waals surface area contributed by atoms with Crippen molar-refractivity contribution >= 4 is 5.96 Å². The highest BCUT2D eigenvalue weighted by Gasteiger charge is 2.24. The Labute approximate surface area is 117 Å². The van der Waals surface area contributed by atoms with E-state index in [0.29, 0.717) is 5.92 Å². The van der Waals surface area contributed by atoms with E-state index >= 15 is 0 Å². The molecule has 2 N–H and O–H groups in total. The van der Waals surface area contributed by atoms with E-state index in [1.165, 1.54) is 0 Å². The number of hydrogen-bond acceptors (Lipinski definition) is 2. The second-order valence-corrected chi connectivity index (χ2v) is 5.31. The van der Waals surface area contributed by atoms with Gasteiger partial charge in [-0.3, -0.25) is 4.99 Å². The predicted molar refractivity (Wildman–Crippen MR) is 81.4 cm³/mol. The number of guanidine groups is 1. The highest BCUT2D eigenvalue weighted by molar-refractivity contribution is 5.79. The van der Waals surface area contributed by atoms with Crippen LogP contribution >= 0.6 is 0 Å². The molecule has 1 aliphatic rings. The lowest BCUT2D eigenvalue weighted by molar-refractivity contribution is 0.136. The minimum Gasteiger partial charge on any atom is -0.393 e. The summed E-state index contributed by atoms with van der Waals surface area (Å²) < 4.78 is 0. The molecule has 19 heavy (non-hydrogen) atoms. The number of nitrogens with zero attached hydrogens (tertiary/aromatic N) is 2. The molecule has 0 aliphatic heterocycles. The van der Waals surface area contributed by atoms with Gasteiger partial charge in [-0.15, -0.1) is 6.58 Å². The van der Waals surface area contributed by atoms with Gasteiger partial charge in [0.1, 0.15) is 0 Å². The normalized spacial score (nSPS) is 23.4. The Kier molecular flexibility index (Phi) is 7.56. The quantitative estimate of drug-likeness (QED) is 0.321. The van der Waals surface area contributed by atoms with Gasteiger partial charge in [0, 0.05) is 32.6 Å². The molecule has 0 amide bonds. The molecule has 110 valence electrons. The van der Waals surface area contributed by atoms with E-state index in [1.54, 1.807) is 0 Å². The van der Waals surface area contributed by atoms with Crippen molar-refractivity contribution in [3.63, 3.8) is 0 Å². The molecule has 4 nitrogen and oxygen atoms in total. The number of unbranched alkanes of at least 4 members (excludes halogenated alkanes) is 1. The number of aliphatic imine (C=N–C) groups is 1. The molecule has 2 atom stereocenters. The number of hydrogen-bond donors (Lipinski definition) is 2. The van der Waals surface area contributed by atoms with Crippen molar-refractivity contribution in [3.05, 3.63) is 12.7 Å². The van der Waals surface area contributed by atoms with Gasteiger partial charge in [-0.25, -0.2) is 0 Å². The third kappa shape index (κ3) is 5.64. The van der Waals surface area contributed by atoms with Crippen molar-refractivity contribution in [1.82, 2.24) is 10.2 Å². The van der Waals surface area contributed by atoms with Gasteiger partial charge in [-0.2, -0.15) is 0 Å². The van der Waals surface area contributed by atoms with Crippen LogP contribution in [0, 0.1) is 5.92 Å². The van der Waals surface area contributed by atoms with E-state index in [-0.39, 0.29) is 6.10 Å². The third-order valence-electron chi connectivity index (χ3n) is 3.69. The first-order valence-corrected chi connectivity index (χ1v) is 7.47. The molecule has 0 aromatic carbocycles. The van der Waals surface area contributed by atoms with Gasteiger partial charge in [0.15, 0.2) is 5.96 Å². The van der Waals surface area contributed by atoms with Gasteiger partial charge in [-0.1, -0.05) is 12.5 Å². The van der Waals surface area contributed by atoms with Crippen LogP contribution in [0.4, 0.5) is 0 Å². The first kappa shape index (κ1) is 16.0. The predicted octanol–water partition coefficient (Wildman–Crippen LogP) is 2.01. The average Bonchev–Trinajstić information content (AvgIpc) is 2.80.